The molecule has 108 valence electrons. The van der Waals surface area contributed by atoms with Crippen LogP contribution in [0.2, 0.25) is 0 Å². The summed E-state index contributed by atoms with van der Waals surface area (Å²) in [6, 6.07) is 19.3. The van der Waals surface area contributed by atoms with Crippen LogP contribution in [-0.2, 0) is 5.54 Å². The lowest BCUT2D eigenvalue weighted by Gasteiger charge is -2.29. The first-order valence-corrected chi connectivity index (χ1v) is 7.83. The van der Waals surface area contributed by atoms with Crippen LogP contribution in [0.1, 0.15) is 21.6 Å². The summed E-state index contributed by atoms with van der Waals surface area (Å²) in [6.45, 7) is 0. The molecule has 2 aromatic carbocycles. The van der Waals surface area contributed by atoms with Crippen molar-refractivity contribution in [3.8, 4) is 0 Å². The monoisotopic (exact) mass is 352 g/mol. The largest absolute Gasteiger partial charge is 0.363 e. The Morgan fingerprint density at radius 2 is 1.68 bits per heavy atom. The number of halogens is 1. The molecule has 4 heteroatoms. The third-order valence-corrected chi connectivity index (χ3v) is 4.81. The Bertz CT molecular complexity index is 857. The number of fused-ring (bicyclic) bond motifs is 1. The number of carbonyl (C=O) groups is 1. The minimum atomic E-state index is -0.923. The zero-order valence-electron chi connectivity index (χ0n) is 11.6. The molecule has 0 unspecified atom stereocenters. The number of hydrogen-bond acceptors (Lipinski definition) is 2. The number of aromatic nitrogens is 1. The Balaban J connectivity index is 2.02. The molecule has 1 atom stereocenters. The molecule has 1 aromatic heterocycles. The van der Waals surface area contributed by atoms with E-state index in [-0.39, 0.29) is 5.78 Å². The fourth-order valence-corrected chi connectivity index (χ4v) is 3.69. The molecule has 0 saturated carbocycles. The Labute approximate surface area is 136 Å². The van der Waals surface area contributed by atoms with Gasteiger partial charge in [0.2, 0.25) is 5.78 Å². The van der Waals surface area contributed by atoms with E-state index in [4.69, 9.17) is 0 Å². The van der Waals surface area contributed by atoms with Gasteiger partial charge in [-0.05, 0) is 30.3 Å². The van der Waals surface area contributed by atoms with Crippen molar-refractivity contribution in [3.63, 3.8) is 0 Å². The number of benzene rings is 2. The van der Waals surface area contributed by atoms with Gasteiger partial charge in [-0.15, -0.1) is 0 Å². The van der Waals surface area contributed by atoms with Gasteiger partial charge in [-0.25, -0.2) is 0 Å². The molecule has 0 amide bonds. The predicted octanol–water partition coefficient (Wildman–Crippen LogP) is 4.33. The molecule has 1 aliphatic heterocycles. The zero-order valence-corrected chi connectivity index (χ0v) is 13.2. The summed E-state index contributed by atoms with van der Waals surface area (Å²) in [5.74, 6) is 0.0532. The maximum Gasteiger partial charge on any atom is 0.201 e. The van der Waals surface area contributed by atoms with Crippen LogP contribution in [0.3, 0.4) is 0 Å². The molecule has 22 heavy (non-hydrogen) atoms. The first kappa shape index (κ1) is 13.3. The summed E-state index contributed by atoms with van der Waals surface area (Å²) in [5.41, 5.74) is 2.39. The second kappa shape index (κ2) is 4.85. The van der Waals surface area contributed by atoms with Crippen LogP contribution < -0.4 is 5.32 Å². The third kappa shape index (κ3) is 1.70. The molecule has 0 saturated heterocycles. The number of H-pyrrole nitrogens is 1. The Kier molecular flexibility index (Phi) is 2.94. The minimum Gasteiger partial charge on any atom is -0.363 e. The minimum absolute atomic E-state index is 0.0532. The topological polar surface area (TPSA) is 44.9 Å². The smallest absolute Gasteiger partial charge is 0.201 e. The van der Waals surface area contributed by atoms with Crippen LogP contribution in [0, 0.1) is 0 Å². The fourth-order valence-electron chi connectivity index (χ4n) is 3.10. The second-order valence-electron chi connectivity index (χ2n) is 5.31. The fraction of sp³-hybridized carbons (Fsp3) is 0.0556. The molecule has 2 N–H and O–H groups in total. The molecule has 2 heterocycles. The van der Waals surface area contributed by atoms with Gasteiger partial charge in [0.25, 0.3) is 0 Å². The Hall–Kier alpha value is -2.33. The van der Waals surface area contributed by atoms with Crippen LogP contribution in [0.5, 0.6) is 0 Å². The van der Waals surface area contributed by atoms with Crippen molar-refractivity contribution < 1.29 is 4.79 Å². The normalized spacial score (nSPS) is 19.8. The Morgan fingerprint density at radius 1 is 0.909 bits per heavy atom. The van der Waals surface area contributed by atoms with Crippen LogP contribution in [0.15, 0.2) is 71.3 Å². The maximum absolute atomic E-state index is 13.3. The van der Waals surface area contributed by atoms with Crippen molar-refractivity contribution in [2.24, 2.45) is 0 Å². The summed E-state index contributed by atoms with van der Waals surface area (Å²) >= 11 is 3.59. The molecular formula is C18H13BrN2O. The highest BCUT2D eigenvalue weighted by molar-refractivity contribution is 9.10. The molecular weight excluding hydrogens is 340 g/mol. The number of anilines is 1. The summed E-state index contributed by atoms with van der Waals surface area (Å²) in [4.78, 5) is 16.5. The van der Waals surface area contributed by atoms with Gasteiger partial charge in [-0.3, -0.25) is 4.79 Å². The lowest BCUT2D eigenvalue weighted by molar-refractivity contribution is 0.0938. The van der Waals surface area contributed by atoms with Crippen molar-refractivity contribution in [1.29, 1.82) is 0 Å². The lowest BCUT2D eigenvalue weighted by Crippen LogP contribution is -2.40. The molecule has 3 nitrogen and oxygen atoms in total. The van der Waals surface area contributed by atoms with Gasteiger partial charge in [0, 0.05) is 27.5 Å². The Morgan fingerprint density at radius 3 is 2.41 bits per heavy atom. The molecule has 0 bridgehead atoms. The van der Waals surface area contributed by atoms with E-state index < -0.39 is 5.54 Å². The van der Waals surface area contributed by atoms with Crippen molar-refractivity contribution in [2.75, 3.05) is 5.32 Å². The van der Waals surface area contributed by atoms with Crippen molar-refractivity contribution in [3.05, 3.63) is 88.2 Å². The molecule has 1 aliphatic rings. The summed E-state index contributed by atoms with van der Waals surface area (Å²) in [7, 11) is 0. The first-order chi connectivity index (χ1) is 10.7. The number of Topliss-reactive ketones (excluding diaryl/α,β-unsaturated/α-hetero) is 1. The van der Waals surface area contributed by atoms with E-state index in [9.17, 15) is 4.79 Å². The molecule has 0 spiro atoms. The van der Waals surface area contributed by atoms with E-state index in [1.54, 1.807) is 0 Å². The van der Waals surface area contributed by atoms with Crippen molar-refractivity contribution in [2.45, 2.75) is 5.54 Å². The zero-order chi connectivity index (χ0) is 15.2. The highest BCUT2D eigenvalue weighted by atomic mass is 79.9. The lowest BCUT2D eigenvalue weighted by atomic mass is 9.83. The van der Waals surface area contributed by atoms with Gasteiger partial charge < -0.3 is 10.3 Å². The van der Waals surface area contributed by atoms with E-state index in [1.807, 2.05) is 66.9 Å². The van der Waals surface area contributed by atoms with Crippen molar-refractivity contribution >= 4 is 27.4 Å². The highest BCUT2D eigenvalue weighted by Crippen LogP contribution is 2.45. The molecule has 4 rings (SSSR count). The van der Waals surface area contributed by atoms with Gasteiger partial charge in [-0.2, -0.15) is 0 Å². The summed E-state index contributed by atoms with van der Waals surface area (Å²) < 4.78 is 0.901. The average Bonchev–Trinajstić information content (AvgIpc) is 3.16. The first-order valence-electron chi connectivity index (χ1n) is 7.04. The number of carbonyl (C=O) groups excluding carboxylic acids is 1. The van der Waals surface area contributed by atoms with Crippen LogP contribution >= 0.6 is 15.9 Å². The number of aromatic amines is 1. The van der Waals surface area contributed by atoms with E-state index in [0.717, 1.165) is 21.4 Å². The molecule has 3 aromatic rings. The van der Waals surface area contributed by atoms with E-state index >= 15 is 0 Å². The van der Waals surface area contributed by atoms with Crippen molar-refractivity contribution in [1.82, 2.24) is 4.98 Å². The number of hydrogen-bond donors (Lipinski definition) is 2. The van der Waals surface area contributed by atoms with Gasteiger partial charge >= 0.3 is 0 Å². The van der Waals surface area contributed by atoms with Crippen LogP contribution in [0.4, 0.5) is 5.69 Å². The van der Waals surface area contributed by atoms with Crippen LogP contribution in [-0.4, -0.2) is 10.8 Å². The molecule has 0 fully saturated rings. The average molecular weight is 353 g/mol. The predicted molar refractivity (Wildman–Crippen MR) is 90.1 cm³/mol. The SMILES string of the molecule is O=C1c2ccccc2N[C@@]1(c1ccc[nH]1)c1ccccc1Br. The highest BCUT2D eigenvalue weighted by Gasteiger charge is 2.49. The van der Waals surface area contributed by atoms with Gasteiger partial charge in [-0.1, -0.05) is 46.3 Å². The van der Waals surface area contributed by atoms with Gasteiger partial charge in [0.1, 0.15) is 0 Å². The van der Waals surface area contributed by atoms with Gasteiger partial charge in [0.15, 0.2) is 5.54 Å². The second-order valence-corrected chi connectivity index (χ2v) is 6.17. The molecule has 0 radical (unpaired) electrons. The number of rotatable bonds is 2. The molecule has 0 aliphatic carbocycles. The third-order valence-electron chi connectivity index (χ3n) is 4.11. The summed E-state index contributed by atoms with van der Waals surface area (Å²) in [5, 5.41) is 3.45. The van der Waals surface area contributed by atoms with Gasteiger partial charge in [0.05, 0.1) is 5.69 Å². The number of ketones is 1. The number of para-hydroxylation sites is 1. The van der Waals surface area contributed by atoms with E-state index in [1.165, 1.54) is 0 Å². The van der Waals surface area contributed by atoms with Crippen LogP contribution in [0.25, 0.3) is 0 Å². The number of nitrogens with one attached hydrogen (secondary N) is 2. The van der Waals surface area contributed by atoms with E-state index in [2.05, 4.69) is 26.2 Å². The quantitative estimate of drug-likeness (QED) is 0.720. The summed E-state index contributed by atoms with van der Waals surface area (Å²) in [6.07, 6.45) is 1.84. The standard InChI is InChI=1S/C18H13BrN2O/c19-14-8-3-2-7-13(14)18(16-10-5-11-20-16)17(22)12-6-1-4-9-15(12)21-18/h1-11,20-21H/t18-/m1/s1. The van der Waals surface area contributed by atoms with E-state index in [0.29, 0.717) is 5.56 Å². The maximum atomic E-state index is 13.3.